The summed E-state index contributed by atoms with van der Waals surface area (Å²) in [6.45, 7) is 8.57. The van der Waals surface area contributed by atoms with Crippen molar-refractivity contribution in [2.45, 2.75) is 6.42 Å². The normalized spacial score (nSPS) is 9.78. The number of carbonyl (C=O) groups excluding carboxylic acids is 1. The Hall–Kier alpha value is -1.37. The zero-order valence-electron chi connectivity index (χ0n) is 10.5. The molecule has 104 valence electrons. The van der Waals surface area contributed by atoms with E-state index in [4.69, 9.17) is 23.7 Å². The topological polar surface area (TPSA) is 63.2 Å². The van der Waals surface area contributed by atoms with E-state index < -0.39 is 5.97 Å². The smallest absolute Gasteiger partial charge is 0.330 e. The van der Waals surface area contributed by atoms with E-state index in [-0.39, 0.29) is 20.2 Å². The molecule has 6 heteroatoms. The second-order valence-corrected chi connectivity index (χ2v) is 3.02. The van der Waals surface area contributed by atoms with Crippen LogP contribution in [0.15, 0.2) is 25.5 Å². The molecular weight excluding hydrogens is 240 g/mol. The Kier molecular flexibility index (Phi) is 12.7. The molecule has 0 saturated carbocycles. The highest BCUT2D eigenvalue weighted by molar-refractivity contribution is 5.81. The highest BCUT2D eigenvalue weighted by Crippen LogP contribution is 1.88. The Balaban J connectivity index is 3.00. The van der Waals surface area contributed by atoms with Crippen molar-refractivity contribution in [2.24, 2.45) is 0 Å². The molecule has 0 spiro atoms. The van der Waals surface area contributed by atoms with Crippen LogP contribution in [0.5, 0.6) is 0 Å². The number of rotatable bonds is 13. The second kappa shape index (κ2) is 13.7. The van der Waals surface area contributed by atoms with E-state index in [1.54, 1.807) is 0 Å². The highest BCUT2D eigenvalue weighted by atomic mass is 16.7. The molecule has 0 aliphatic carbocycles. The van der Waals surface area contributed by atoms with Gasteiger partial charge in [-0.3, -0.25) is 0 Å². The molecule has 0 aromatic carbocycles. The lowest BCUT2D eigenvalue weighted by Crippen LogP contribution is -2.11. The summed E-state index contributed by atoms with van der Waals surface area (Å²) in [6.07, 6.45) is 3.17. The summed E-state index contributed by atoms with van der Waals surface area (Å²) in [5, 5.41) is 0. The molecule has 0 unspecified atom stereocenters. The Morgan fingerprint density at radius 1 is 0.944 bits per heavy atom. The Morgan fingerprint density at radius 2 is 1.61 bits per heavy atom. The maximum Gasteiger partial charge on any atom is 0.330 e. The molecule has 0 N–H and O–H groups in total. The van der Waals surface area contributed by atoms with Crippen LogP contribution in [-0.4, -0.2) is 46.0 Å². The molecule has 0 aliphatic rings. The Morgan fingerprint density at radius 3 is 2.28 bits per heavy atom. The summed E-state index contributed by atoms with van der Waals surface area (Å²) in [5.74, 6) is -0.460. The average Bonchev–Trinajstić information content (AvgIpc) is 2.39. The minimum atomic E-state index is -0.460. The molecule has 0 heterocycles. The third-order valence-electron chi connectivity index (χ3n) is 1.65. The quantitative estimate of drug-likeness (QED) is 0.163. The lowest BCUT2D eigenvalue weighted by Gasteiger charge is -2.06. The largest absolute Gasteiger partial charge is 0.476 e. The molecule has 18 heavy (non-hydrogen) atoms. The summed E-state index contributed by atoms with van der Waals surface area (Å²) < 4.78 is 24.7. The molecule has 0 saturated heterocycles. The number of carbonyl (C=O) groups is 1. The van der Waals surface area contributed by atoms with Crippen molar-refractivity contribution in [3.63, 3.8) is 0 Å². The van der Waals surface area contributed by atoms with Crippen molar-refractivity contribution in [3.8, 4) is 0 Å². The third-order valence-corrected chi connectivity index (χ3v) is 1.65. The van der Waals surface area contributed by atoms with E-state index in [1.165, 1.54) is 6.26 Å². The van der Waals surface area contributed by atoms with Gasteiger partial charge in [0.25, 0.3) is 0 Å². The Bertz CT molecular complexity index is 229. The van der Waals surface area contributed by atoms with Crippen LogP contribution in [0.3, 0.4) is 0 Å². The first-order valence-corrected chi connectivity index (χ1v) is 5.56. The van der Waals surface area contributed by atoms with Crippen LogP contribution >= 0.6 is 0 Å². The summed E-state index contributed by atoms with van der Waals surface area (Å²) >= 11 is 0. The molecule has 0 amide bonds. The van der Waals surface area contributed by atoms with Crippen molar-refractivity contribution >= 4 is 5.97 Å². The van der Waals surface area contributed by atoms with Crippen molar-refractivity contribution in [1.82, 2.24) is 0 Å². The highest BCUT2D eigenvalue weighted by Gasteiger charge is 1.95. The van der Waals surface area contributed by atoms with Gasteiger partial charge in [0.2, 0.25) is 0 Å². The number of hydrogen-bond acceptors (Lipinski definition) is 6. The van der Waals surface area contributed by atoms with E-state index in [1.807, 2.05) is 0 Å². The van der Waals surface area contributed by atoms with Crippen molar-refractivity contribution < 1.29 is 28.5 Å². The van der Waals surface area contributed by atoms with Gasteiger partial charge in [-0.25, -0.2) is 4.79 Å². The molecule has 0 aromatic rings. The summed E-state index contributed by atoms with van der Waals surface area (Å²) in [5.41, 5.74) is 0. The van der Waals surface area contributed by atoms with Crippen molar-refractivity contribution in [1.29, 1.82) is 0 Å². The fourth-order valence-corrected chi connectivity index (χ4v) is 0.855. The fourth-order valence-electron chi connectivity index (χ4n) is 0.855. The fraction of sp³-hybridized carbons (Fsp3) is 0.583. The summed E-state index contributed by atoms with van der Waals surface area (Å²) in [4.78, 5) is 10.6. The van der Waals surface area contributed by atoms with E-state index in [9.17, 15) is 4.79 Å². The number of esters is 1. The minimum Gasteiger partial charge on any atom is -0.476 e. The lowest BCUT2D eigenvalue weighted by atomic mass is 10.5. The van der Waals surface area contributed by atoms with Gasteiger partial charge in [-0.15, -0.1) is 0 Å². The van der Waals surface area contributed by atoms with Crippen LogP contribution in [-0.2, 0) is 28.5 Å². The predicted molar refractivity (Wildman–Crippen MR) is 64.6 cm³/mol. The van der Waals surface area contributed by atoms with Gasteiger partial charge in [0.05, 0.1) is 26.1 Å². The maximum absolute atomic E-state index is 10.6. The zero-order valence-corrected chi connectivity index (χ0v) is 10.5. The molecular formula is C12H20O6. The van der Waals surface area contributed by atoms with Crippen LogP contribution < -0.4 is 0 Å². The van der Waals surface area contributed by atoms with Gasteiger partial charge in [-0.05, 0) is 6.42 Å². The van der Waals surface area contributed by atoms with E-state index in [0.29, 0.717) is 19.8 Å². The van der Waals surface area contributed by atoms with Crippen LogP contribution in [0.2, 0.25) is 0 Å². The summed E-state index contributed by atoms with van der Waals surface area (Å²) in [6, 6.07) is 0. The average molecular weight is 260 g/mol. The van der Waals surface area contributed by atoms with Crippen molar-refractivity contribution in [2.75, 3.05) is 40.0 Å². The van der Waals surface area contributed by atoms with Gasteiger partial charge in [-0.1, -0.05) is 13.2 Å². The van der Waals surface area contributed by atoms with Crippen molar-refractivity contribution in [3.05, 3.63) is 25.5 Å². The van der Waals surface area contributed by atoms with Gasteiger partial charge >= 0.3 is 5.97 Å². The van der Waals surface area contributed by atoms with Crippen LogP contribution in [0.4, 0.5) is 0 Å². The first kappa shape index (κ1) is 16.6. The van der Waals surface area contributed by atoms with Crippen LogP contribution in [0, 0.1) is 0 Å². The molecule has 0 atom stereocenters. The van der Waals surface area contributed by atoms with E-state index in [2.05, 4.69) is 13.2 Å². The monoisotopic (exact) mass is 260 g/mol. The maximum atomic E-state index is 10.6. The first-order valence-electron chi connectivity index (χ1n) is 5.56. The predicted octanol–water partition coefficient (Wildman–Crippen LogP) is 1.23. The van der Waals surface area contributed by atoms with Crippen LogP contribution in [0.25, 0.3) is 0 Å². The SMILES string of the molecule is C=COCOCCCOCOCCOC(=O)C=C. The van der Waals surface area contributed by atoms with Gasteiger partial charge < -0.3 is 23.7 Å². The van der Waals surface area contributed by atoms with Gasteiger partial charge in [-0.2, -0.15) is 0 Å². The Labute approximate surface area is 107 Å². The molecule has 0 rings (SSSR count). The summed E-state index contributed by atoms with van der Waals surface area (Å²) in [7, 11) is 0. The first-order chi connectivity index (χ1) is 8.81. The van der Waals surface area contributed by atoms with Gasteiger partial charge in [0, 0.05) is 6.08 Å². The molecule has 6 nitrogen and oxygen atoms in total. The standard InChI is InChI=1S/C12H20O6/c1-3-12(13)18-9-8-17-11-16-7-5-6-15-10-14-4-2/h3-4H,1-2,5-11H2. The lowest BCUT2D eigenvalue weighted by molar-refractivity contribution is -0.141. The number of ether oxygens (including phenoxy) is 5. The zero-order chi connectivity index (χ0) is 13.5. The van der Waals surface area contributed by atoms with E-state index in [0.717, 1.165) is 12.5 Å². The van der Waals surface area contributed by atoms with E-state index >= 15 is 0 Å². The van der Waals surface area contributed by atoms with Crippen LogP contribution in [0.1, 0.15) is 6.42 Å². The molecule has 0 radical (unpaired) electrons. The molecule has 0 aliphatic heterocycles. The second-order valence-electron chi connectivity index (χ2n) is 3.02. The molecule has 0 aromatic heterocycles. The molecule has 0 bridgehead atoms. The minimum absolute atomic E-state index is 0.162. The number of hydrogen-bond donors (Lipinski definition) is 0. The third kappa shape index (κ3) is 12.7. The van der Waals surface area contributed by atoms with Gasteiger partial charge in [0.1, 0.15) is 13.4 Å². The van der Waals surface area contributed by atoms with Gasteiger partial charge in [0.15, 0.2) is 6.79 Å². The molecule has 0 fully saturated rings.